The second kappa shape index (κ2) is 13.9. The fourth-order valence-corrected chi connectivity index (χ4v) is 6.07. The number of amides is 2. The zero-order valence-electron chi connectivity index (χ0n) is 22.1. The van der Waals surface area contributed by atoms with Crippen molar-refractivity contribution in [2.24, 2.45) is 0 Å². The maximum absolute atomic E-state index is 14.0. The van der Waals surface area contributed by atoms with Gasteiger partial charge in [-0.2, -0.15) is 0 Å². The van der Waals surface area contributed by atoms with Crippen LogP contribution in [-0.2, 0) is 26.2 Å². The third-order valence-corrected chi connectivity index (χ3v) is 8.94. The van der Waals surface area contributed by atoms with Crippen molar-refractivity contribution in [1.82, 2.24) is 10.2 Å². The normalized spacial score (nSPS) is 12.2. The van der Waals surface area contributed by atoms with Crippen LogP contribution in [0.4, 0.5) is 5.69 Å². The molecular weight excluding hydrogens is 616 g/mol. The van der Waals surface area contributed by atoms with Crippen LogP contribution in [0.2, 0.25) is 20.1 Å². The van der Waals surface area contributed by atoms with Crippen LogP contribution in [-0.4, -0.2) is 43.8 Å². The number of hydrogen-bond acceptors (Lipinski definition) is 4. The molecule has 1 atom stereocenters. The molecule has 0 bridgehead atoms. The van der Waals surface area contributed by atoms with Crippen molar-refractivity contribution in [1.29, 1.82) is 0 Å². The van der Waals surface area contributed by atoms with Gasteiger partial charge in [-0.05, 0) is 80.4 Å². The molecule has 40 heavy (non-hydrogen) atoms. The Bertz CT molecular complexity index is 1470. The van der Waals surface area contributed by atoms with Gasteiger partial charge in [0.2, 0.25) is 11.8 Å². The van der Waals surface area contributed by atoms with Crippen LogP contribution in [0.15, 0.2) is 71.6 Å². The largest absolute Gasteiger partial charge is 0.352 e. The van der Waals surface area contributed by atoms with Crippen LogP contribution >= 0.6 is 46.4 Å². The van der Waals surface area contributed by atoms with Crippen LogP contribution in [0, 0.1) is 0 Å². The Balaban J connectivity index is 2.08. The van der Waals surface area contributed by atoms with E-state index in [4.69, 9.17) is 46.4 Å². The third-order valence-electron chi connectivity index (χ3n) is 5.93. The molecule has 3 aromatic carbocycles. The van der Waals surface area contributed by atoms with Crippen LogP contribution in [0.5, 0.6) is 0 Å². The van der Waals surface area contributed by atoms with Gasteiger partial charge in [-0.15, -0.1) is 0 Å². The van der Waals surface area contributed by atoms with Gasteiger partial charge in [0, 0.05) is 22.6 Å². The zero-order valence-corrected chi connectivity index (χ0v) is 25.9. The highest BCUT2D eigenvalue weighted by Crippen LogP contribution is 2.28. The summed E-state index contributed by atoms with van der Waals surface area (Å²) in [4.78, 5) is 28.5. The highest BCUT2D eigenvalue weighted by atomic mass is 35.5. The molecule has 0 aromatic heterocycles. The van der Waals surface area contributed by atoms with E-state index < -0.39 is 28.5 Å². The number of halogens is 4. The average Bonchev–Trinajstić information content (AvgIpc) is 2.88. The summed E-state index contributed by atoms with van der Waals surface area (Å²) in [6, 6.07) is 15.6. The van der Waals surface area contributed by atoms with E-state index in [-0.39, 0.29) is 45.5 Å². The van der Waals surface area contributed by atoms with Gasteiger partial charge in [0.25, 0.3) is 10.0 Å². The third kappa shape index (κ3) is 8.04. The molecule has 214 valence electrons. The minimum Gasteiger partial charge on any atom is -0.352 e. The highest BCUT2D eigenvalue weighted by molar-refractivity contribution is 7.92. The lowest BCUT2D eigenvalue weighted by molar-refractivity contribution is -0.140. The number of nitrogens with zero attached hydrogens (tertiary/aromatic N) is 2. The van der Waals surface area contributed by atoms with E-state index in [0.29, 0.717) is 15.6 Å². The van der Waals surface area contributed by atoms with Crippen molar-refractivity contribution >= 4 is 73.9 Å². The Kier molecular flexibility index (Phi) is 11.1. The Labute approximate surface area is 255 Å². The van der Waals surface area contributed by atoms with E-state index in [0.717, 1.165) is 4.31 Å². The Morgan fingerprint density at radius 3 is 2.12 bits per heavy atom. The van der Waals surface area contributed by atoms with E-state index in [1.165, 1.54) is 35.2 Å². The summed E-state index contributed by atoms with van der Waals surface area (Å²) in [5.74, 6) is -0.963. The zero-order chi connectivity index (χ0) is 29.6. The Morgan fingerprint density at radius 2 is 1.55 bits per heavy atom. The van der Waals surface area contributed by atoms with Gasteiger partial charge >= 0.3 is 0 Å². The van der Waals surface area contributed by atoms with E-state index in [9.17, 15) is 18.0 Å². The van der Waals surface area contributed by atoms with Crippen molar-refractivity contribution in [3.63, 3.8) is 0 Å². The minimum absolute atomic E-state index is 0.00980. The van der Waals surface area contributed by atoms with E-state index in [1.54, 1.807) is 43.3 Å². The van der Waals surface area contributed by atoms with Crippen LogP contribution in [0.3, 0.4) is 0 Å². The van der Waals surface area contributed by atoms with Crippen molar-refractivity contribution in [2.45, 2.75) is 50.7 Å². The number of anilines is 1. The molecule has 12 heteroatoms. The molecule has 0 aliphatic rings. The first kappa shape index (κ1) is 32.0. The number of nitrogens with one attached hydrogen (secondary N) is 1. The molecule has 0 saturated heterocycles. The standard InChI is InChI=1S/C28H29Cl4N3O4S/c1-4-26(28(37)33-18(2)3)34(16-19-8-13-24(31)25(32)14-19)27(36)17-35(22-7-5-6-21(30)15-22)40(38,39)23-11-9-20(29)10-12-23/h5-15,18,26H,4,16-17H2,1-3H3,(H,33,37). The Hall–Kier alpha value is -2.49. The first-order chi connectivity index (χ1) is 18.8. The first-order valence-corrected chi connectivity index (χ1v) is 15.4. The molecule has 0 aliphatic heterocycles. The maximum Gasteiger partial charge on any atom is 0.264 e. The van der Waals surface area contributed by atoms with Gasteiger partial charge in [-0.1, -0.05) is 65.5 Å². The summed E-state index contributed by atoms with van der Waals surface area (Å²) in [6.45, 7) is 4.80. The summed E-state index contributed by atoms with van der Waals surface area (Å²) in [5, 5.41) is 4.13. The van der Waals surface area contributed by atoms with Crippen LogP contribution < -0.4 is 9.62 Å². The number of carbonyl (C=O) groups is 2. The molecule has 0 aliphatic carbocycles. The Morgan fingerprint density at radius 1 is 0.875 bits per heavy atom. The number of benzene rings is 3. The van der Waals surface area contributed by atoms with Crippen LogP contribution in [0.25, 0.3) is 0 Å². The fraction of sp³-hybridized carbons (Fsp3) is 0.286. The van der Waals surface area contributed by atoms with Crippen molar-refractivity contribution in [2.75, 3.05) is 10.8 Å². The summed E-state index contributed by atoms with van der Waals surface area (Å²) >= 11 is 24.5. The molecule has 3 rings (SSSR count). The van der Waals surface area contributed by atoms with E-state index in [2.05, 4.69) is 5.32 Å². The quantitative estimate of drug-likeness (QED) is 0.248. The van der Waals surface area contributed by atoms with Crippen LogP contribution in [0.1, 0.15) is 32.8 Å². The van der Waals surface area contributed by atoms with Gasteiger partial charge < -0.3 is 10.2 Å². The number of rotatable bonds is 11. The molecule has 3 aromatic rings. The van der Waals surface area contributed by atoms with Crippen molar-refractivity contribution in [3.05, 3.63) is 92.4 Å². The topological polar surface area (TPSA) is 86.8 Å². The molecule has 0 spiro atoms. The summed E-state index contributed by atoms with van der Waals surface area (Å²) in [5.41, 5.74) is 0.804. The van der Waals surface area contributed by atoms with Crippen molar-refractivity contribution < 1.29 is 18.0 Å². The number of carbonyl (C=O) groups excluding carboxylic acids is 2. The lowest BCUT2D eigenvalue weighted by atomic mass is 10.1. The van der Waals surface area contributed by atoms with E-state index in [1.807, 2.05) is 13.8 Å². The molecule has 0 fully saturated rings. The summed E-state index contributed by atoms with van der Waals surface area (Å²) in [6.07, 6.45) is 0.284. The minimum atomic E-state index is -4.24. The smallest absolute Gasteiger partial charge is 0.264 e. The lowest BCUT2D eigenvalue weighted by Gasteiger charge is -2.33. The monoisotopic (exact) mass is 643 g/mol. The molecule has 1 unspecified atom stereocenters. The lowest BCUT2D eigenvalue weighted by Crippen LogP contribution is -2.53. The van der Waals surface area contributed by atoms with Gasteiger partial charge in [0.15, 0.2) is 0 Å². The second-order valence-electron chi connectivity index (χ2n) is 9.30. The molecule has 0 saturated carbocycles. The summed E-state index contributed by atoms with van der Waals surface area (Å²) < 4.78 is 28.6. The van der Waals surface area contributed by atoms with Gasteiger partial charge in [-0.25, -0.2) is 8.42 Å². The van der Waals surface area contributed by atoms with Gasteiger partial charge in [0.05, 0.1) is 20.6 Å². The predicted octanol–water partition coefficient (Wildman–Crippen LogP) is 6.83. The number of hydrogen-bond donors (Lipinski definition) is 1. The maximum atomic E-state index is 14.0. The average molecular weight is 645 g/mol. The van der Waals surface area contributed by atoms with Gasteiger partial charge in [-0.3, -0.25) is 13.9 Å². The SMILES string of the molecule is CCC(C(=O)NC(C)C)N(Cc1ccc(Cl)c(Cl)c1)C(=O)CN(c1cccc(Cl)c1)S(=O)(=O)c1ccc(Cl)cc1. The van der Waals surface area contributed by atoms with Gasteiger partial charge in [0.1, 0.15) is 12.6 Å². The van der Waals surface area contributed by atoms with E-state index >= 15 is 0 Å². The summed E-state index contributed by atoms with van der Waals surface area (Å²) in [7, 11) is -4.24. The molecule has 0 heterocycles. The molecular formula is C28H29Cl4N3O4S. The second-order valence-corrected chi connectivity index (χ2v) is 12.9. The number of sulfonamides is 1. The molecule has 1 N–H and O–H groups in total. The predicted molar refractivity (Wildman–Crippen MR) is 162 cm³/mol. The van der Waals surface area contributed by atoms with Crippen molar-refractivity contribution in [3.8, 4) is 0 Å². The fourth-order valence-electron chi connectivity index (χ4n) is 4.03. The highest BCUT2D eigenvalue weighted by Gasteiger charge is 2.34. The first-order valence-electron chi connectivity index (χ1n) is 12.4. The molecule has 0 radical (unpaired) electrons. The molecule has 7 nitrogen and oxygen atoms in total. The molecule has 2 amide bonds.